The van der Waals surface area contributed by atoms with Crippen LogP contribution in [0.25, 0.3) is 0 Å². The molecule has 0 aromatic heterocycles. The SMILES string of the molecule is Cl.O=C1c2ccccc2CN1[C@H]1CCCNC1. The van der Waals surface area contributed by atoms with Crippen molar-refractivity contribution in [3.8, 4) is 0 Å². The fraction of sp³-hybridized carbons (Fsp3) is 0.462. The molecule has 1 aromatic carbocycles. The van der Waals surface area contributed by atoms with Crippen molar-refractivity contribution in [2.24, 2.45) is 0 Å². The summed E-state index contributed by atoms with van der Waals surface area (Å²) in [6, 6.07) is 8.33. The van der Waals surface area contributed by atoms with E-state index in [0.717, 1.165) is 31.6 Å². The first-order valence-electron chi connectivity index (χ1n) is 5.96. The molecule has 2 heterocycles. The molecule has 0 spiro atoms. The Morgan fingerprint density at radius 2 is 2.12 bits per heavy atom. The molecular weight excluding hydrogens is 236 g/mol. The molecule has 2 aliphatic heterocycles. The quantitative estimate of drug-likeness (QED) is 0.827. The van der Waals surface area contributed by atoms with E-state index in [1.54, 1.807) is 0 Å². The second-order valence-corrected chi connectivity index (χ2v) is 4.59. The lowest BCUT2D eigenvalue weighted by Crippen LogP contribution is -2.46. The molecule has 3 nitrogen and oxygen atoms in total. The molecule has 1 N–H and O–H groups in total. The molecule has 92 valence electrons. The van der Waals surface area contributed by atoms with Crippen LogP contribution in [0.3, 0.4) is 0 Å². The minimum atomic E-state index is 0. The Balaban J connectivity index is 0.00000108. The van der Waals surface area contributed by atoms with E-state index >= 15 is 0 Å². The van der Waals surface area contributed by atoms with Crippen molar-refractivity contribution < 1.29 is 4.79 Å². The van der Waals surface area contributed by atoms with Crippen LogP contribution >= 0.6 is 12.4 Å². The number of piperidine rings is 1. The lowest BCUT2D eigenvalue weighted by molar-refractivity contribution is 0.0674. The number of amides is 1. The van der Waals surface area contributed by atoms with Crippen molar-refractivity contribution >= 4 is 18.3 Å². The van der Waals surface area contributed by atoms with E-state index in [4.69, 9.17) is 0 Å². The number of hydrogen-bond donors (Lipinski definition) is 1. The predicted molar refractivity (Wildman–Crippen MR) is 69.5 cm³/mol. The van der Waals surface area contributed by atoms with E-state index in [1.165, 1.54) is 12.0 Å². The maximum Gasteiger partial charge on any atom is 0.254 e. The van der Waals surface area contributed by atoms with Crippen molar-refractivity contribution in [1.29, 1.82) is 0 Å². The van der Waals surface area contributed by atoms with E-state index in [9.17, 15) is 4.79 Å². The van der Waals surface area contributed by atoms with Crippen LogP contribution in [0.15, 0.2) is 24.3 Å². The third-order valence-corrected chi connectivity index (χ3v) is 3.56. The summed E-state index contributed by atoms with van der Waals surface area (Å²) >= 11 is 0. The molecule has 17 heavy (non-hydrogen) atoms. The highest BCUT2D eigenvalue weighted by Crippen LogP contribution is 2.26. The molecular formula is C13H17ClN2O. The second-order valence-electron chi connectivity index (χ2n) is 4.59. The summed E-state index contributed by atoms with van der Waals surface area (Å²) in [5, 5.41) is 3.37. The van der Waals surface area contributed by atoms with E-state index < -0.39 is 0 Å². The highest BCUT2D eigenvalue weighted by molar-refractivity contribution is 5.98. The highest BCUT2D eigenvalue weighted by atomic mass is 35.5. The van der Waals surface area contributed by atoms with Gasteiger partial charge in [-0.05, 0) is 31.0 Å². The van der Waals surface area contributed by atoms with Gasteiger partial charge in [-0.15, -0.1) is 12.4 Å². The van der Waals surface area contributed by atoms with Gasteiger partial charge in [-0.2, -0.15) is 0 Å². The number of halogens is 1. The lowest BCUT2D eigenvalue weighted by Gasteiger charge is -2.31. The van der Waals surface area contributed by atoms with Crippen molar-refractivity contribution in [3.05, 3.63) is 35.4 Å². The average Bonchev–Trinajstić information content (AvgIpc) is 2.69. The predicted octanol–water partition coefficient (Wildman–Crippen LogP) is 1.82. The van der Waals surface area contributed by atoms with Crippen LogP contribution in [0.5, 0.6) is 0 Å². The number of carbonyl (C=O) groups excluding carboxylic acids is 1. The molecule has 0 radical (unpaired) electrons. The summed E-state index contributed by atoms with van der Waals surface area (Å²) in [6.07, 6.45) is 2.30. The molecule has 1 amide bonds. The van der Waals surface area contributed by atoms with E-state index in [1.807, 2.05) is 23.1 Å². The summed E-state index contributed by atoms with van der Waals surface area (Å²) in [6.45, 7) is 2.83. The zero-order valence-electron chi connectivity index (χ0n) is 9.69. The monoisotopic (exact) mass is 252 g/mol. The fourth-order valence-corrected chi connectivity index (χ4v) is 2.67. The van der Waals surface area contributed by atoms with Gasteiger partial charge >= 0.3 is 0 Å². The molecule has 3 rings (SSSR count). The number of carbonyl (C=O) groups is 1. The maximum absolute atomic E-state index is 12.2. The van der Waals surface area contributed by atoms with Crippen LogP contribution in [0, 0.1) is 0 Å². The highest BCUT2D eigenvalue weighted by Gasteiger charge is 2.32. The van der Waals surface area contributed by atoms with Gasteiger partial charge in [0.15, 0.2) is 0 Å². The largest absolute Gasteiger partial charge is 0.330 e. The van der Waals surface area contributed by atoms with Gasteiger partial charge in [-0.25, -0.2) is 0 Å². The Morgan fingerprint density at radius 3 is 2.82 bits per heavy atom. The Kier molecular flexibility index (Phi) is 3.69. The zero-order valence-corrected chi connectivity index (χ0v) is 10.5. The van der Waals surface area contributed by atoms with E-state index in [0.29, 0.717) is 6.04 Å². The Bertz CT molecular complexity index is 416. The summed E-state index contributed by atoms with van der Waals surface area (Å²) < 4.78 is 0. The standard InChI is InChI=1S/C13H16N2O.ClH/c16-13-12-6-2-1-4-10(12)9-15(13)11-5-3-7-14-8-11;/h1-2,4,6,11,14H,3,5,7-9H2;1H/t11-;/m0./s1. The second kappa shape index (κ2) is 5.07. The van der Waals surface area contributed by atoms with Crippen LogP contribution in [0.4, 0.5) is 0 Å². The molecule has 1 saturated heterocycles. The molecule has 0 saturated carbocycles. The van der Waals surface area contributed by atoms with Gasteiger partial charge < -0.3 is 10.2 Å². The van der Waals surface area contributed by atoms with Crippen molar-refractivity contribution in [1.82, 2.24) is 10.2 Å². The van der Waals surface area contributed by atoms with Crippen LogP contribution in [0.1, 0.15) is 28.8 Å². The van der Waals surface area contributed by atoms with Gasteiger partial charge in [0.05, 0.1) is 0 Å². The molecule has 1 fully saturated rings. The molecule has 1 atom stereocenters. The topological polar surface area (TPSA) is 32.3 Å². The molecule has 0 aliphatic carbocycles. The van der Waals surface area contributed by atoms with Crippen LogP contribution in [-0.2, 0) is 6.54 Å². The number of hydrogen-bond acceptors (Lipinski definition) is 2. The summed E-state index contributed by atoms with van der Waals surface area (Å²) in [4.78, 5) is 14.2. The first-order chi connectivity index (χ1) is 7.86. The Hall–Kier alpha value is -1.06. The Morgan fingerprint density at radius 1 is 1.29 bits per heavy atom. The normalized spacial score (nSPS) is 23.2. The number of benzene rings is 1. The van der Waals surface area contributed by atoms with Crippen molar-refractivity contribution in [2.75, 3.05) is 13.1 Å². The van der Waals surface area contributed by atoms with E-state index in [-0.39, 0.29) is 18.3 Å². The summed E-state index contributed by atoms with van der Waals surface area (Å²) in [5.41, 5.74) is 2.08. The third-order valence-electron chi connectivity index (χ3n) is 3.56. The molecule has 0 bridgehead atoms. The number of nitrogens with zero attached hydrogens (tertiary/aromatic N) is 1. The maximum atomic E-state index is 12.2. The number of fused-ring (bicyclic) bond motifs is 1. The average molecular weight is 253 g/mol. The van der Waals surface area contributed by atoms with Crippen molar-refractivity contribution in [3.63, 3.8) is 0 Å². The van der Waals surface area contributed by atoms with Crippen LogP contribution < -0.4 is 5.32 Å². The van der Waals surface area contributed by atoms with Gasteiger partial charge in [-0.3, -0.25) is 4.79 Å². The molecule has 4 heteroatoms. The molecule has 2 aliphatic rings. The van der Waals surface area contributed by atoms with Gasteiger partial charge in [0.1, 0.15) is 0 Å². The molecule has 1 aromatic rings. The first-order valence-corrected chi connectivity index (χ1v) is 5.96. The van der Waals surface area contributed by atoms with E-state index in [2.05, 4.69) is 11.4 Å². The smallest absolute Gasteiger partial charge is 0.254 e. The minimum Gasteiger partial charge on any atom is -0.330 e. The summed E-state index contributed by atoms with van der Waals surface area (Å²) in [7, 11) is 0. The minimum absolute atomic E-state index is 0. The van der Waals surface area contributed by atoms with Crippen LogP contribution in [0.2, 0.25) is 0 Å². The van der Waals surface area contributed by atoms with Gasteiger partial charge in [-0.1, -0.05) is 18.2 Å². The van der Waals surface area contributed by atoms with Crippen molar-refractivity contribution in [2.45, 2.75) is 25.4 Å². The first kappa shape index (κ1) is 12.4. The number of nitrogens with one attached hydrogen (secondary N) is 1. The fourth-order valence-electron chi connectivity index (χ4n) is 2.67. The van der Waals surface area contributed by atoms with Gasteiger partial charge in [0, 0.05) is 24.7 Å². The number of rotatable bonds is 1. The van der Waals surface area contributed by atoms with Gasteiger partial charge in [0.25, 0.3) is 5.91 Å². The lowest BCUT2D eigenvalue weighted by atomic mass is 10.1. The van der Waals surface area contributed by atoms with Gasteiger partial charge in [0.2, 0.25) is 0 Å². The third kappa shape index (κ3) is 2.17. The zero-order chi connectivity index (χ0) is 11.0. The Labute approximate surface area is 108 Å². The summed E-state index contributed by atoms with van der Waals surface area (Å²) in [5.74, 6) is 0.212. The van der Waals surface area contributed by atoms with Crippen LogP contribution in [-0.4, -0.2) is 29.9 Å². The molecule has 0 unspecified atom stereocenters.